The van der Waals surface area contributed by atoms with Crippen LogP contribution in [0.4, 0.5) is 0 Å². The van der Waals surface area contributed by atoms with Gasteiger partial charge in [-0.15, -0.1) is 0 Å². The zero-order chi connectivity index (χ0) is 11.0. The highest BCUT2D eigenvalue weighted by Gasteiger charge is 2.15. The van der Waals surface area contributed by atoms with Crippen molar-refractivity contribution in [3.05, 3.63) is 40.7 Å². The summed E-state index contributed by atoms with van der Waals surface area (Å²) in [7, 11) is 0. The molecule has 16 heavy (non-hydrogen) atoms. The second-order valence-corrected chi connectivity index (χ2v) is 4.60. The fourth-order valence-corrected chi connectivity index (χ4v) is 2.46. The second-order valence-electron chi connectivity index (χ2n) is 4.20. The lowest BCUT2D eigenvalue weighted by Gasteiger charge is -2.07. The van der Waals surface area contributed by atoms with E-state index in [-0.39, 0.29) is 0 Å². The van der Waals surface area contributed by atoms with E-state index in [1.54, 1.807) is 0 Å². The lowest BCUT2D eigenvalue weighted by molar-refractivity contribution is 0.667. The Morgan fingerprint density at radius 1 is 1.12 bits per heavy atom. The minimum absolute atomic E-state index is 0.758. The normalized spacial score (nSPS) is 14.8. The highest BCUT2D eigenvalue weighted by atomic mass is 35.5. The third-order valence-corrected chi connectivity index (χ3v) is 3.41. The summed E-state index contributed by atoms with van der Waals surface area (Å²) in [5, 5.41) is 0.758. The van der Waals surface area contributed by atoms with Crippen LogP contribution >= 0.6 is 11.6 Å². The summed E-state index contributed by atoms with van der Waals surface area (Å²) in [5.74, 6) is 0.914. The quantitative estimate of drug-likeness (QED) is 0.800. The smallest absolute Gasteiger partial charge is 0.139 e. The Hall–Kier alpha value is -1.28. The van der Waals surface area contributed by atoms with E-state index >= 15 is 0 Å². The summed E-state index contributed by atoms with van der Waals surface area (Å²) in [6.45, 7) is 0. The van der Waals surface area contributed by atoms with Gasteiger partial charge in [0, 0.05) is 11.3 Å². The van der Waals surface area contributed by atoms with Gasteiger partial charge in [-0.3, -0.25) is 0 Å². The minimum Gasteiger partial charge on any atom is -0.342 e. The Bertz CT molecular complexity index is 493. The summed E-state index contributed by atoms with van der Waals surface area (Å²) >= 11 is 6.16. The minimum atomic E-state index is 0.758. The fourth-order valence-electron chi connectivity index (χ4n) is 2.23. The lowest BCUT2D eigenvalue weighted by atomic mass is 10.0. The number of nitrogens with zero attached hydrogens (tertiary/aromatic N) is 1. The van der Waals surface area contributed by atoms with Crippen molar-refractivity contribution >= 4 is 11.6 Å². The molecule has 1 aromatic carbocycles. The molecular formula is C13H13ClN2. The molecule has 0 spiro atoms. The SMILES string of the molecule is Clc1ccccc1-c1nc2c([nH]1)CCCC2. The number of hydrogen-bond acceptors (Lipinski definition) is 1. The van der Waals surface area contributed by atoms with Gasteiger partial charge in [0.25, 0.3) is 0 Å². The number of imidazole rings is 1. The second kappa shape index (κ2) is 3.95. The predicted molar refractivity (Wildman–Crippen MR) is 65.7 cm³/mol. The molecular weight excluding hydrogens is 220 g/mol. The number of hydrogen-bond donors (Lipinski definition) is 1. The van der Waals surface area contributed by atoms with Crippen molar-refractivity contribution < 1.29 is 0 Å². The van der Waals surface area contributed by atoms with Crippen LogP contribution in [-0.2, 0) is 12.8 Å². The summed E-state index contributed by atoms with van der Waals surface area (Å²) in [6.07, 6.45) is 4.72. The van der Waals surface area contributed by atoms with Gasteiger partial charge in [-0.05, 0) is 37.8 Å². The van der Waals surface area contributed by atoms with Crippen LogP contribution in [0.25, 0.3) is 11.4 Å². The summed E-state index contributed by atoms with van der Waals surface area (Å²) in [6, 6.07) is 7.84. The van der Waals surface area contributed by atoms with Crippen LogP contribution in [0.1, 0.15) is 24.2 Å². The van der Waals surface area contributed by atoms with Gasteiger partial charge in [0.05, 0.1) is 10.7 Å². The first-order valence-electron chi connectivity index (χ1n) is 5.67. The number of nitrogens with one attached hydrogen (secondary N) is 1. The van der Waals surface area contributed by atoms with Gasteiger partial charge in [0.2, 0.25) is 0 Å². The predicted octanol–water partition coefficient (Wildman–Crippen LogP) is 3.61. The molecule has 0 aliphatic heterocycles. The topological polar surface area (TPSA) is 28.7 Å². The van der Waals surface area contributed by atoms with Gasteiger partial charge in [0.1, 0.15) is 5.82 Å². The number of fused-ring (bicyclic) bond motifs is 1. The van der Waals surface area contributed by atoms with Crippen molar-refractivity contribution in [3.63, 3.8) is 0 Å². The molecule has 1 aliphatic rings. The van der Waals surface area contributed by atoms with E-state index in [0.717, 1.165) is 29.3 Å². The molecule has 1 aromatic heterocycles. The lowest BCUT2D eigenvalue weighted by Crippen LogP contribution is -2.00. The van der Waals surface area contributed by atoms with E-state index in [2.05, 4.69) is 9.97 Å². The molecule has 1 heterocycles. The number of aryl methyl sites for hydroxylation is 2. The number of benzene rings is 1. The maximum atomic E-state index is 6.16. The summed E-state index contributed by atoms with van der Waals surface area (Å²) in [4.78, 5) is 8.04. The molecule has 1 N–H and O–H groups in total. The molecule has 0 unspecified atom stereocenters. The first kappa shape index (κ1) is 9.91. The van der Waals surface area contributed by atoms with Crippen LogP contribution in [-0.4, -0.2) is 9.97 Å². The number of halogens is 1. The van der Waals surface area contributed by atoms with Crippen LogP contribution in [0.3, 0.4) is 0 Å². The number of aromatic amines is 1. The zero-order valence-electron chi connectivity index (χ0n) is 8.96. The van der Waals surface area contributed by atoms with E-state index in [1.165, 1.54) is 24.2 Å². The van der Waals surface area contributed by atoms with Crippen molar-refractivity contribution in [1.29, 1.82) is 0 Å². The zero-order valence-corrected chi connectivity index (χ0v) is 9.72. The van der Waals surface area contributed by atoms with Crippen LogP contribution in [0.15, 0.2) is 24.3 Å². The highest BCUT2D eigenvalue weighted by molar-refractivity contribution is 6.33. The van der Waals surface area contributed by atoms with Crippen LogP contribution in [0.5, 0.6) is 0 Å². The third-order valence-electron chi connectivity index (χ3n) is 3.08. The number of H-pyrrole nitrogens is 1. The van der Waals surface area contributed by atoms with Gasteiger partial charge >= 0.3 is 0 Å². The molecule has 2 nitrogen and oxygen atoms in total. The molecule has 2 aromatic rings. The first-order valence-corrected chi connectivity index (χ1v) is 6.05. The molecule has 1 aliphatic carbocycles. The molecule has 82 valence electrons. The Kier molecular flexibility index (Phi) is 2.44. The molecule has 0 radical (unpaired) electrons. The highest BCUT2D eigenvalue weighted by Crippen LogP contribution is 2.28. The molecule has 0 fully saturated rings. The van der Waals surface area contributed by atoms with Crippen LogP contribution < -0.4 is 0 Å². The Morgan fingerprint density at radius 2 is 1.94 bits per heavy atom. The Balaban J connectivity index is 2.07. The van der Waals surface area contributed by atoms with Crippen molar-refractivity contribution in [2.45, 2.75) is 25.7 Å². The van der Waals surface area contributed by atoms with E-state index in [4.69, 9.17) is 11.6 Å². The van der Waals surface area contributed by atoms with E-state index in [9.17, 15) is 0 Å². The van der Waals surface area contributed by atoms with Gasteiger partial charge < -0.3 is 4.98 Å². The summed E-state index contributed by atoms with van der Waals surface area (Å²) in [5.41, 5.74) is 3.51. The Morgan fingerprint density at radius 3 is 2.75 bits per heavy atom. The summed E-state index contributed by atoms with van der Waals surface area (Å²) < 4.78 is 0. The van der Waals surface area contributed by atoms with Crippen LogP contribution in [0, 0.1) is 0 Å². The van der Waals surface area contributed by atoms with Gasteiger partial charge in [0.15, 0.2) is 0 Å². The first-order chi connectivity index (χ1) is 7.84. The van der Waals surface area contributed by atoms with Gasteiger partial charge in [-0.1, -0.05) is 23.7 Å². The van der Waals surface area contributed by atoms with E-state index in [1.807, 2.05) is 24.3 Å². The van der Waals surface area contributed by atoms with Gasteiger partial charge in [-0.2, -0.15) is 0 Å². The molecule has 3 heteroatoms. The maximum Gasteiger partial charge on any atom is 0.139 e. The van der Waals surface area contributed by atoms with Crippen molar-refractivity contribution in [1.82, 2.24) is 9.97 Å². The molecule has 3 rings (SSSR count). The Labute approximate surface area is 99.7 Å². The number of rotatable bonds is 1. The standard InChI is InChI=1S/C13H13ClN2/c14-10-6-2-1-5-9(10)13-15-11-7-3-4-8-12(11)16-13/h1-2,5-6H,3-4,7-8H2,(H,15,16). The molecule has 0 saturated heterocycles. The molecule has 0 bridgehead atoms. The van der Waals surface area contributed by atoms with E-state index < -0.39 is 0 Å². The largest absolute Gasteiger partial charge is 0.342 e. The number of aromatic nitrogens is 2. The maximum absolute atomic E-state index is 6.16. The fraction of sp³-hybridized carbons (Fsp3) is 0.308. The molecule has 0 atom stereocenters. The third kappa shape index (κ3) is 1.63. The van der Waals surface area contributed by atoms with Crippen molar-refractivity contribution in [3.8, 4) is 11.4 Å². The van der Waals surface area contributed by atoms with Crippen LogP contribution in [0.2, 0.25) is 5.02 Å². The molecule has 0 saturated carbocycles. The van der Waals surface area contributed by atoms with Crippen molar-refractivity contribution in [2.24, 2.45) is 0 Å². The van der Waals surface area contributed by atoms with E-state index in [0.29, 0.717) is 0 Å². The molecule has 0 amide bonds. The van der Waals surface area contributed by atoms with Gasteiger partial charge in [-0.25, -0.2) is 4.98 Å². The average molecular weight is 233 g/mol. The monoisotopic (exact) mass is 232 g/mol. The average Bonchev–Trinajstić information content (AvgIpc) is 2.73. The van der Waals surface area contributed by atoms with Crippen molar-refractivity contribution in [2.75, 3.05) is 0 Å².